The molecule has 0 fully saturated rings. The van der Waals surface area contributed by atoms with Crippen molar-refractivity contribution >= 4 is 23.4 Å². The summed E-state index contributed by atoms with van der Waals surface area (Å²) >= 11 is 1.31. The number of para-hydroxylation sites is 2. The summed E-state index contributed by atoms with van der Waals surface area (Å²) in [6.45, 7) is 0.222. The van der Waals surface area contributed by atoms with Gasteiger partial charge in [-0.25, -0.2) is 0 Å². The summed E-state index contributed by atoms with van der Waals surface area (Å²) in [5, 5.41) is 12.4. The summed E-state index contributed by atoms with van der Waals surface area (Å²) in [6, 6.07) is 34.9. The van der Waals surface area contributed by atoms with E-state index in [0.29, 0.717) is 11.0 Å². The lowest BCUT2D eigenvalue weighted by Crippen LogP contribution is -2.15. The zero-order valence-corrected chi connectivity index (χ0v) is 21.6. The minimum absolute atomic E-state index is 0.134. The van der Waals surface area contributed by atoms with Gasteiger partial charge in [-0.2, -0.15) is 0 Å². The second-order valence-electron chi connectivity index (χ2n) is 8.28. The van der Waals surface area contributed by atoms with Crippen molar-refractivity contribution in [1.29, 1.82) is 0 Å². The third-order valence-corrected chi connectivity index (χ3v) is 6.69. The maximum absolute atomic E-state index is 13.0. The van der Waals surface area contributed by atoms with E-state index >= 15 is 0 Å². The first kappa shape index (κ1) is 25.1. The number of anilines is 1. The number of nitrogens with one attached hydrogen (secondary N) is 1. The average molecular weight is 523 g/mol. The monoisotopic (exact) mass is 522 g/mol. The molecule has 0 radical (unpaired) electrons. The molecule has 5 aromatic rings. The number of carbonyl (C=O) groups excluding carboxylic acids is 1. The van der Waals surface area contributed by atoms with Crippen LogP contribution < -0.4 is 14.8 Å². The van der Waals surface area contributed by atoms with Crippen LogP contribution in [0.1, 0.15) is 5.82 Å². The third kappa shape index (κ3) is 6.04. The summed E-state index contributed by atoms with van der Waals surface area (Å²) in [7, 11) is 1.63. The van der Waals surface area contributed by atoms with E-state index in [1.807, 2.05) is 114 Å². The summed E-state index contributed by atoms with van der Waals surface area (Å²) in [6.07, 6.45) is 0. The first-order valence-corrected chi connectivity index (χ1v) is 13.0. The Kier molecular flexibility index (Phi) is 8.01. The molecule has 38 heavy (non-hydrogen) atoms. The van der Waals surface area contributed by atoms with Crippen LogP contribution in [0.3, 0.4) is 0 Å². The van der Waals surface area contributed by atoms with Gasteiger partial charge in [-0.1, -0.05) is 78.5 Å². The van der Waals surface area contributed by atoms with Crippen molar-refractivity contribution in [2.24, 2.45) is 0 Å². The number of rotatable bonds is 10. The van der Waals surface area contributed by atoms with E-state index in [9.17, 15) is 4.79 Å². The Morgan fingerprint density at radius 3 is 2.24 bits per heavy atom. The molecule has 7 nitrogen and oxygen atoms in total. The minimum atomic E-state index is -0.134. The fraction of sp³-hybridized carbons (Fsp3) is 0.100. The van der Waals surface area contributed by atoms with Gasteiger partial charge in [0.05, 0.1) is 12.9 Å². The topological polar surface area (TPSA) is 78.3 Å². The Morgan fingerprint density at radius 2 is 1.50 bits per heavy atom. The van der Waals surface area contributed by atoms with Gasteiger partial charge in [-0.05, 0) is 48.0 Å². The Morgan fingerprint density at radius 1 is 0.816 bits per heavy atom. The second-order valence-corrected chi connectivity index (χ2v) is 9.22. The SMILES string of the molecule is COc1ccc(-n2c(COc3ccccc3)nnc2SCC(=O)Nc2ccccc2-c2ccccc2)cc1. The Bertz CT molecular complexity index is 1490. The van der Waals surface area contributed by atoms with Crippen molar-refractivity contribution in [1.82, 2.24) is 14.8 Å². The summed E-state index contributed by atoms with van der Waals surface area (Å²) < 4.78 is 13.1. The molecule has 0 bridgehead atoms. The molecule has 1 N–H and O–H groups in total. The largest absolute Gasteiger partial charge is 0.497 e. The van der Waals surface area contributed by atoms with Crippen molar-refractivity contribution < 1.29 is 14.3 Å². The highest BCUT2D eigenvalue weighted by Crippen LogP contribution is 2.29. The molecule has 190 valence electrons. The Hall–Kier alpha value is -4.56. The smallest absolute Gasteiger partial charge is 0.234 e. The van der Waals surface area contributed by atoms with Crippen molar-refractivity contribution in [2.75, 3.05) is 18.2 Å². The van der Waals surface area contributed by atoms with E-state index in [0.717, 1.165) is 34.0 Å². The highest BCUT2D eigenvalue weighted by atomic mass is 32.2. The van der Waals surface area contributed by atoms with Gasteiger partial charge in [0.15, 0.2) is 11.0 Å². The van der Waals surface area contributed by atoms with E-state index in [1.165, 1.54) is 11.8 Å². The molecule has 0 saturated carbocycles. The Labute approximate surface area is 225 Å². The van der Waals surface area contributed by atoms with Gasteiger partial charge in [0.2, 0.25) is 5.91 Å². The lowest BCUT2D eigenvalue weighted by molar-refractivity contribution is -0.113. The first-order chi connectivity index (χ1) is 18.7. The molecule has 0 saturated heterocycles. The molecule has 0 aliphatic carbocycles. The summed E-state index contributed by atoms with van der Waals surface area (Å²) in [5.74, 6) is 2.13. The van der Waals surface area contributed by atoms with E-state index in [2.05, 4.69) is 15.5 Å². The van der Waals surface area contributed by atoms with Gasteiger partial charge in [-0.3, -0.25) is 9.36 Å². The average Bonchev–Trinajstić information content (AvgIpc) is 3.39. The molecule has 4 aromatic carbocycles. The molecule has 8 heteroatoms. The molecule has 0 atom stereocenters. The third-order valence-electron chi connectivity index (χ3n) is 5.76. The zero-order valence-electron chi connectivity index (χ0n) is 20.8. The minimum Gasteiger partial charge on any atom is -0.497 e. The molecule has 5 rings (SSSR count). The molecular formula is C30H26N4O3S. The highest BCUT2D eigenvalue weighted by Gasteiger charge is 2.17. The standard InChI is InChI=1S/C30H26N4O3S/c1-36-24-18-16-23(17-19-24)34-28(20-37-25-12-6-3-7-13-25)32-33-30(34)38-21-29(35)31-27-15-9-8-14-26(27)22-10-4-2-5-11-22/h2-19H,20-21H2,1H3,(H,31,35). The first-order valence-electron chi connectivity index (χ1n) is 12.0. The number of carbonyl (C=O) groups is 1. The van der Waals surface area contributed by atoms with Gasteiger partial charge < -0.3 is 14.8 Å². The number of aromatic nitrogens is 3. The molecular weight excluding hydrogens is 496 g/mol. The van der Waals surface area contributed by atoms with Crippen molar-refractivity contribution in [3.05, 3.63) is 115 Å². The van der Waals surface area contributed by atoms with E-state index in [1.54, 1.807) is 7.11 Å². The van der Waals surface area contributed by atoms with Crippen LogP contribution in [0.25, 0.3) is 16.8 Å². The predicted octanol–water partition coefficient (Wildman–Crippen LogP) is 6.25. The molecule has 1 heterocycles. The van der Waals surface area contributed by atoms with Gasteiger partial charge in [0.25, 0.3) is 0 Å². The molecule has 0 spiro atoms. The normalized spacial score (nSPS) is 10.7. The number of amides is 1. The Balaban J connectivity index is 1.33. The number of ether oxygens (including phenoxy) is 2. The fourth-order valence-corrected chi connectivity index (χ4v) is 4.69. The molecule has 1 aromatic heterocycles. The van der Waals surface area contributed by atoms with Crippen LogP contribution in [0.5, 0.6) is 11.5 Å². The number of thioether (sulfide) groups is 1. The molecule has 0 unspecified atom stereocenters. The number of benzene rings is 4. The van der Waals surface area contributed by atoms with Gasteiger partial charge in [-0.15, -0.1) is 10.2 Å². The van der Waals surface area contributed by atoms with Crippen LogP contribution in [0.4, 0.5) is 5.69 Å². The van der Waals surface area contributed by atoms with Crippen molar-refractivity contribution in [3.8, 4) is 28.3 Å². The summed E-state index contributed by atoms with van der Waals surface area (Å²) in [4.78, 5) is 13.0. The van der Waals surface area contributed by atoms with Crippen LogP contribution in [0.2, 0.25) is 0 Å². The number of hydrogen-bond acceptors (Lipinski definition) is 6. The highest BCUT2D eigenvalue weighted by molar-refractivity contribution is 7.99. The maximum Gasteiger partial charge on any atom is 0.234 e. The van der Waals surface area contributed by atoms with Crippen molar-refractivity contribution in [3.63, 3.8) is 0 Å². The van der Waals surface area contributed by atoms with Gasteiger partial charge in [0, 0.05) is 16.9 Å². The van der Waals surface area contributed by atoms with Crippen LogP contribution in [0.15, 0.2) is 114 Å². The lowest BCUT2D eigenvalue weighted by atomic mass is 10.0. The van der Waals surface area contributed by atoms with E-state index < -0.39 is 0 Å². The van der Waals surface area contributed by atoms with Gasteiger partial charge >= 0.3 is 0 Å². The second kappa shape index (κ2) is 12.1. The van der Waals surface area contributed by atoms with Crippen LogP contribution in [-0.2, 0) is 11.4 Å². The van der Waals surface area contributed by atoms with Gasteiger partial charge in [0.1, 0.15) is 18.1 Å². The predicted molar refractivity (Wildman–Crippen MR) is 150 cm³/mol. The summed E-state index contributed by atoms with van der Waals surface area (Å²) in [5.41, 5.74) is 3.62. The van der Waals surface area contributed by atoms with Crippen LogP contribution >= 0.6 is 11.8 Å². The molecule has 0 aliphatic rings. The van der Waals surface area contributed by atoms with Crippen LogP contribution in [0, 0.1) is 0 Å². The quantitative estimate of drug-likeness (QED) is 0.218. The van der Waals surface area contributed by atoms with Crippen molar-refractivity contribution in [2.45, 2.75) is 11.8 Å². The lowest BCUT2D eigenvalue weighted by Gasteiger charge is -2.13. The van der Waals surface area contributed by atoms with E-state index in [4.69, 9.17) is 9.47 Å². The molecule has 1 amide bonds. The number of hydrogen-bond donors (Lipinski definition) is 1. The molecule has 0 aliphatic heterocycles. The maximum atomic E-state index is 13.0. The fourth-order valence-electron chi connectivity index (χ4n) is 3.92. The zero-order chi connectivity index (χ0) is 26.2. The van der Waals surface area contributed by atoms with E-state index in [-0.39, 0.29) is 18.3 Å². The number of nitrogens with zero attached hydrogens (tertiary/aromatic N) is 3. The van der Waals surface area contributed by atoms with Crippen LogP contribution in [-0.4, -0.2) is 33.5 Å². The number of methoxy groups -OCH3 is 1.